The van der Waals surface area contributed by atoms with E-state index in [4.69, 9.17) is 9.47 Å². The first kappa shape index (κ1) is 17.7. The van der Waals surface area contributed by atoms with E-state index >= 15 is 0 Å². The van der Waals surface area contributed by atoms with E-state index in [-0.39, 0.29) is 17.4 Å². The highest BCUT2D eigenvalue weighted by atomic mass is 16.6. The van der Waals surface area contributed by atoms with E-state index < -0.39 is 6.09 Å². The van der Waals surface area contributed by atoms with Crippen LogP contribution in [0.2, 0.25) is 0 Å². The number of ether oxygens (including phenoxy) is 2. The highest BCUT2D eigenvalue weighted by molar-refractivity contribution is 5.84. The number of carbonyl (C=O) groups is 1. The maximum atomic E-state index is 12.2. The van der Waals surface area contributed by atoms with Crippen LogP contribution < -0.4 is 5.32 Å². The molecule has 2 aliphatic rings. The van der Waals surface area contributed by atoms with Crippen molar-refractivity contribution >= 4 is 11.8 Å². The molecule has 0 saturated carbocycles. The van der Waals surface area contributed by atoms with Crippen LogP contribution in [0.25, 0.3) is 0 Å². The molecule has 1 aromatic rings. The van der Waals surface area contributed by atoms with Gasteiger partial charge in [0.05, 0.1) is 12.7 Å². The Balaban J connectivity index is 1.72. The molecule has 25 heavy (non-hydrogen) atoms. The third-order valence-electron chi connectivity index (χ3n) is 6.01. The van der Waals surface area contributed by atoms with Gasteiger partial charge in [-0.25, -0.2) is 4.79 Å². The summed E-state index contributed by atoms with van der Waals surface area (Å²) in [5, 5.41) is 2.78. The number of carbonyl (C=O) groups excluding carboxylic acids is 1. The molecule has 5 atom stereocenters. The Morgan fingerprint density at radius 1 is 1.40 bits per heavy atom. The molecule has 0 aromatic heterocycles. The first-order valence-electron chi connectivity index (χ1n) is 8.89. The van der Waals surface area contributed by atoms with Crippen molar-refractivity contribution in [3.05, 3.63) is 54.6 Å². The molecule has 1 fully saturated rings. The molecule has 1 heterocycles. The average Bonchev–Trinajstić information content (AvgIpc) is 2.59. The first-order valence-corrected chi connectivity index (χ1v) is 8.89. The van der Waals surface area contributed by atoms with Gasteiger partial charge in [0.1, 0.15) is 6.61 Å². The second kappa shape index (κ2) is 7.04. The molecule has 4 nitrogen and oxygen atoms in total. The van der Waals surface area contributed by atoms with Crippen molar-refractivity contribution in [3.63, 3.8) is 0 Å². The summed E-state index contributed by atoms with van der Waals surface area (Å²) in [5.41, 5.74) is 1.88. The fourth-order valence-corrected chi connectivity index (χ4v) is 4.39. The fraction of sp³-hybridized carbons (Fsp3) is 0.476. The standard InChI is InChI=1S/C21H27NO3/c1-5-18-19-14(2)11-15(3)21(12-24-18,16(19)4)13-25-20(23)22-17-9-7-6-8-10-17/h5-11,15-16,18-19H,1,12-13H2,2-4H3,(H,22,23)/t15-,16+,18+,19+,21+/m0/s1. The maximum absolute atomic E-state index is 12.2. The van der Waals surface area contributed by atoms with Gasteiger partial charge in [0.2, 0.25) is 0 Å². The number of para-hydroxylation sites is 1. The second-order valence-electron chi connectivity index (χ2n) is 7.33. The molecule has 4 heteroatoms. The van der Waals surface area contributed by atoms with Crippen LogP contribution in [0, 0.1) is 23.2 Å². The molecule has 1 aliphatic carbocycles. The molecule has 0 spiro atoms. The largest absolute Gasteiger partial charge is 0.449 e. The number of allylic oxidation sites excluding steroid dienone is 1. The van der Waals surface area contributed by atoms with Crippen molar-refractivity contribution in [3.8, 4) is 0 Å². The van der Waals surface area contributed by atoms with Gasteiger partial charge in [-0.3, -0.25) is 5.32 Å². The smallest absolute Gasteiger partial charge is 0.411 e. The average molecular weight is 341 g/mol. The van der Waals surface area contributed by atoms with Crippen LogP contribution in [0.5, 0.6) is 0 Å². The summed E-state index contributed by atoms with van der Waals surface area (Å²) in [6.45, 7) is 11.4. The van der Waals surface area contributed by atoms with E-state index in [0.29, 0.717) is 25.0 Å². The number of fused-ring (bicyclic) bond motifs is 2. The van der Waals surface area contributed by atoms with Crippen molar-refractivity contribution in [2.45, 2.75) is 26.9 Å². The van der Waals surface area contributed by atoms with E-state index in [2.05, 4.69) is 38.7 Å². The predicted molar refractivity (Wildman–Crippen MR) is 99.4 cm³/mol. The van der Waals surface area contributed by atoms with Gasteiger partial charge in [0.25, 0.3) is 0 Å². The Hall–Kier alpha value is -2.07. The normalized spacial score (nSPS) is 34.0. The predicted octanol–water partition coefficient (Wildman–Crippen LogP) is 4.65. The van der Waals surface area contributed by atoms with Gasteiger partial charge in [0, 0.05) is 17.0 Å². The molecule has 1 saturated heterocycles. The summed E-state index contributed by atoms with van der Waals surface area (Å²) >= 11 is 0. The number of amides is 1. The lowest BCUT2D eigenvalue weighted by Gasteiger charge is -2.54. The Labute approximate surface area is 149 Å². The number of anilines is 1. The van der Waals surface area contributed by atoms with E-state index in [1.54, 1.807) is 0 Å². The lowest BCUT2D eigenvalue weighted by molar-refractivity contribution is -0.148. The van der Waals surface area contributed by atoms with Crippen LogP contribution in [0.4, 0.5) is 10.5 Å². The number of hydrogen-bond acceptors (Lipinski definition) is 3. The molecule has 2 bridgehead atoms. The molecule has 0 radical (unpaired) electrons. The van der Waals surface area contributed by atoms with Crippen LogP contribution in [0.1, 0.15) is 20.8 Å². The highest BCUT2D eigenvalue weighted by Crippen LogP contribution is 2.52. The van der Waals surface area contributed by atoms with Gasteiger partial charge in [-0.05, 0) is 30.9 Å². The van der Waals surface area contributed by atoms with Crippen molar-refractivity contribution in [1.82, 2.24) is 0 Å². The maximum Gasteiger partial charge on any atom is 0.411 e. The van der Waals surface area contributed by atoms with Crippen LogP contribution in [0.3, 0.4) is 0 Å². The van der Waals surface area contributed by atoms with Crippen LogP contribution in [0.15, 0.2) is 54.6 Å². The number of benzene rings is 1. The Morgan fingerprint density at radius 2 is 2.12 bits per heavy atom. The summed E-state index contributed by atoms with van der Waals surface area (Å²) in [4.78, 5) is 12.2. The molecule has 134 valence electrons. The second-order valence-corrected chi connectivity index (χ2v) is 7.33. The molecule has 1 aromatic carbocycles. The van der Waals surface area contributed by atoms with Crippen molar-refractivity contribution < 1.29 is 14.3 Å². The van der Waals surface area contributed by atoms with Crippen molar-refractivity contribution in [2.24, 2.45) is 23.2 Å². The van der Waals surface area contributed by atoms with E-state index in [1.807, 2.05) is 36.4 Å². The van der Waals surface area contributed by atoms with Crippen molar-refractivity contribution in [2.75, 3.05) is 18.5 Å². The molecule has 1 N–H and O–H groups in total. The van der Waals surface area contributed by atoms with Crippen LogP contribution in [-0.4, -0.2) is 25.4 Å². The zero-order valence-electron chi connectivity index (χ0n) is 15.2. The van der Waals surface area contributed by atoms with Gasteiger partial charge >= 0.3 is 6.09 Å². The summed E-state index contributed by atoms with van der Waals surface area (Å²) in [6, 6.07) is 9.34. The topological polar surface area (TPSA) is 47.6 Å². The minimum Gasteiger partial charge on any atom is -0.449 e. The molecule has 1 aliphatic heterocycles. The summed E-state index contributed by atoms with van der Waals surface area (Å²) in [7, 11) is 0. The quantitative estimate of drug-likeness (QED) is 0.811. The van der Waals surface area contributed by atoms with E-state index in [1.165, 1.54) is 5.57 Å². The van der Waals surface area contributed by atoms with Gasteiger partial charge in [-0.1, -0.05) is 49.8 Å². The zero-order valence-corrected chi connectivity index (χ0v) is 15.2. The minimum atomic E-state index is -0.423. The lowest BCUT2D eigenvalue weighted by Crippen LogP contribution is -2.56. The summed E-state index contributed by atoms with van der Waals surface area (Å²) in [5.74, 6) is 0.936. The third kappa shape index (κ3) is 3.23. The molecule has 1 amide bonds. The Kier molecular flexibility index (Phi) is 5.00. The number of rotatable bonds is 4. The van der Waals surface area contributed by atoms with E-state index in [0.717, 1.165) is 5.69 Å². The Morgan fingerprint density at radius 3 is 2.80 bits per heavy atom. The molecule has 0 unspecified atom stereocenters. The summed E-state index contributed by atoms with van der Waals surface area (Å²) < 4.78 is 11.7. The van der Waals surface area contributed by atoms with Gasteiger partial charge < -0.3 is 9.47 Å². The number of nitrogens with one attached hydrogen (secondary N) is 1. The monoisotopic (exact) mass is 341 g/mol. The molecular weight excluding hydrogens is 314 g/mol. The van der Waals surface area contributed by atoms with Gasteiger partial charge in [-0.2, -0.15) is 0 Å². The molecular formula is C21H27NO3. The minimum absolute atomic E-state index is 0.0324. The zero-order chi connectivity index (χ0) is 18.0. The lowest BCUT2D eigenvalue weighted by atomic mass is 9.56. The fourth-order valence-electron chi connectivity index (χ4n) is 4.39. The van der Waals surface area contributed by atoms with Crippen LogP contribution in [-0.2, 0) is 9.47 Å². The van der Waals surface area contributed by atoms with Gasteiger partial charge in [0.15, 0.2) is 0 Å². The van der Waals surface area contributed by atoms with Crippen LogP contribution >= 0.6 is 0 Å². The third-order valence-corrected chi connectivity index (χ3v) is 6.01. The van der Waals surface area contributed by atoms with Crippen molar-refractivity contribution in [1.29, 1.82) is 0 Å². The van der Waals surface area contributed by atoms with Gasteiger partial charge in [-0.15, -0.1) is 6.58 Å². The molecule has 3 rings (SSSR count). The van der Waals surface area contributed by atoms with E-state index in [9.17, 15) is 4.79 Å². The highest BCUT2D eigenvalue weighted by Gasteiger charge is 2.53. The Bertz CT molecular complexity index is 669. The number of hydrogen-bond donors (Lipinski definition) is 1. The first-order chi connectivity index (χ1) is 12.0. The SMILES string of the molecule is C=C[C@H]1OC[C@]2(COC(=O)Nc3ccccc3)[C@H](C)[C@H]1C(C)=C[C@@H]2C. The summed E-state index contributed by atoms with van der Waals surface area (Å²) in [6.07, 6.45) is 3.81.